The SMILES string of the molecule is CC1CCC(c2cc3c(-c4ccc(C(C)(C)C)cc4)cccc3[cH-]2)CC1.C[Si](C)=[Zr+2].Cc1cc2c(-c3ccc(C(C)(C)C)cc3)cccc2[cH-]1.[Cl-].[Cl-]. The number of benzene rings is 4. The van der Waals surface area contributed by atoms with Crippen LogP contribution in [0.2, 0.25) is 13.1 Å². The third-order valence-corrected chi connectivity index (χ3v) is 10.3. The topological polar surface area (TPSA) is 0 Å². The van der Waals surface area contributed by atoms with Gasteiger partial charge in [0.05, 0.1) is 0 Å². The molecule has 0 aromatic heterocycles. The van der Waals surface area contributed by atoms with Gasteiger partial charge < -0.3 is 24.8 Å². The van der Waals surface area contributed by atoms with Crippen LogP contribution in [0.5, 0.6) is 0 Å². The number of rotatable bonds is 3. The van der Waals surface area contributed by atoms with Crippen LogP contribution in [0.25, 0.3) is 43.8 Å². The molecule has 0 radical (unpaired) electrons. The van der Waals surface area contributed by atoms with Gasteiger partial charge in [-0.2, -0.15) is 12.1 Å². The van der Waals surface area contributed by atoms with Crippen molar-refractivity contribution in [2.24, 2.45) is 5.92 Å². The van der Waals surface area contributed by atoms with E-state index >= 15 is 0 Å². The van der Waals surface area contributed by atoms with Gasteiger partial charge in [-0.15, -0.1) is 69.1 Å². The Bertz CT molecular complexity index is 2020. The number of halogens is 2. The van der Waals surface area contributed by atoms with Crippen LogP contribution in [0.1, 0.15) is 102 Å². The van der Waals surface area contributed by atoms with E-state index in [1.54, 1.807) is 28.9 Å². The van der Waals surface area contributed by atoms with E-state index in [4.69, 9.17) is 0 Å². The van der Waals surface area contributed by atoms with Crippen molar-refractivity contribution in [3.8, 4) is 22.3 Å². The Morgan fingerprint density at radius 3 is 1.42 bits per heavy atom. The van der Waals surface area contributed by atoms with Crippen LogP contribution < -0.4 is 24.8 Å². The molecule has 0 unspecified atom stereocenters. The van der Waals surface area contributed by atoms with Crippen LogP contribution >= 0.6 is 0 Å². The summed E-state index contributed by atoms with van der Waals surface area (Å²) in [5.74, 6) is 1.67. The standard InChI is InChI=1S/C26H31.C20H21.C2H6Si.2ClH.Zr/c1-18-8-10-19(11-9-18)22-16-21-6-5-7-24(25(21)17-22)20-12-14-23(15-13-20)26(2,3)4;1-14-12-16-6-5-7-18(19(16)13-14)15-8-10-17(11-9-15)20(2,3)4;1-3-2;;;/h5-7,12-19H,8-11H2,1-4H3;5-13H,1-4H3;1-2H3;2*1H;/q2*-1;;;;+2/p-2. The summed E-state index contributed by atoms with van der Waals surface area (Å²) < 4.78 is 0. The molecule has 6 aromatic carbocycles. The molecular formula is C48H58Cl2SiZr-2. The average Bonchev–Trinajstić information content (AvgIpc) is 3.67. The summed E-state index contributed by atoms with van der Waals surface area (Å²) in [6, 6.07) is 41.0. The normalized spacial score (nSPS) is 15.8. The monoisotopic (exact) mass is 822 g/mol. The molecule has 0 amide bonds. The zero-order valence-corrected chi connectivity index (χ0v) is 38.1. The first-order chi connectivity index (χ1) is 23.6. The van der Waals surface area contributed by atoms with Crippen molar-refractivity contribution in [3.63, 3.8) is 0 Å². The Balaban J connectivity index is 0.000000252. The summed E-state index contributed by atoms with van der Waals surface area (Å²) in [5, 5.41) is 5.51. The molecule has 0 spiro atoms. The van der Waals surface area contributed by atoms with E-state index in [0.717, 1.165) is 11.8 Å². The molecule has 0 atom stereocenters. The predicted octanol–water partition coefficient (Wildman–Crippen LogP) is 8.44. The minimum absolute atomic E-state index is 0. The molecule has 0 heterocycles. The van der Waals surface area contributed by atoms with E-state index in [1.165, 1.54) is 86.2 Å². The Morgan fingerprint density at radius 2 is 1.00 bits per heavy atom. The number of aryl methyl sites for hydroxylation is 1. The molecule has 6 aromatic rings. The maximum Gasteiger partial charge on any atom is -0.0132 e. The molecule has 0 bridgehead atoms. The number of hydrogen-bond acceptors (Lipinski definition) is 0. The smallest absolute Gasteiger partial charge is 0.0132 e. The van der Waals surface area contributed by atoms with Crippen molar-refractivity contribution >= 4 is 27.0 Å². The van der Waals surface area contributed by atoms with Crippen LogP contribution in [-0.4, -0.2) is 5.43 Å². The van der Waals surface area contributed by atoms with Crippen LogP contribution in [-0.2, 0) is 34.2 Å². The molecule has 1 aliphatic carbocycles. The maximum atomic E-state index is 2.48. The second-order valence-electron chi connectivity index (χ2n) is 17.0. The molecule has 1 aliphatic rings. The third-order valence-electron chi connectivity index (χ3n) is 10.3. The van der Waals surface area contributed by atoms with Crippen LogP contribution in [0.3, 0.4) is 0 Å². The van der Waals surface area contributed by atoms with Crippen molar-refractivity contribution in [1.29, 1.82) is 0 Å². The van der Waals surface area contributed by atoms with Crippen molar-refractivity contribution in [2.75, 3.05) is 0 Å². The van der Waals surface area contributed by atoms with Crippen LogP contribution in [0.15, 0.2) is 109 Å². The molecule has 0 nitrogen and oxygen atoms in total. The van der Waals surface area contributed by atoms with E-state index in [1.807, 2.05) is 0 Å². The fourth-order valence-electron chi connectivity index (χ4n) is 7.27. The van der Waals surface area contributed by atoms with Crippen molar-refractivity contribution in [2.45, 2.75) is 111 Å². The first-order valence-electron chi connectivity index (χ1n) is 18.7. The van der Waals surface area contributed by atoms with Gasteiger partial charge in [0.1, 0.15) is 0 Å². The summed E-state index contributed by atoms with van der Waals surface area (Å²) in [6.07, 6.45) is 5.47. The second kappa shape index (κ2) is 18.9. The van der Waals surface area contributed by atoms with E-state index in [2.05, 4.69) is 178 Å². The van der Waals surface area contributed by atoms with Gasteiger partial charge in [-0.25, -0.2) is 0 Å². The molecule has 0 aliphatic heterocycles. The van der Waals surface area contributed by atoms with Crippen molar-refractivity contribution in [3.05, 3.63) is 131 Å². The fraction of sp³-hybridized carbons (Fsp3) is 0.375. The first kappa shape index (κ1) is 44.2. The molecule has 4 heteroatoms. The van der Waals surface area contributed by atoms with Gasteiger partial charge in [0.25, 0.3) is 0 Å². The summed E-state index contributed by atoms with van der Waals surface area (Å²) >= 11 is 1.74. The first-order valence-corrected chi connectivity index (χ1v) is 24.9. The van der Waals surface area contributed by atoms with E-state index < -0.39 is 0 Å². The molecular weight excluding hydrogens is 767 g/mol. The molecule has 7 rings (SSSR count). The molecule has 0 saturated heterocycles. The van der Waals surface area contributed by atoms with E-state index in [0.29, 0.717) is 0 Å². The Morgan fingerprint density at radius 1 is 0.596 bits per heavy atom. The van der Waals surface area contributed by atoms with Crippen molar-refractivity contribution in [1.82, 2.24) is 0 Å². The Labute approximate surface area is 343 Å². The van der Waals surface area contributed by atoms with E-state index in [9.17, 15) is 0 Å². The average molecular weight is 825 g/mol. The fourth-order valence-corrected chi connectivity index (χ4v) is 7.27. The third kappa shape index (κ3) is 11.4. The van der Waals surface area contributed by atoms with Crippen LogP contribution in [0.4, 0.5) is 0 Å². The largest absolute Gasteiger partial charge is 1.00 e. The van der Waals surface area contributed by atoms with Gasteiger partial charge in [0, 0.05) is 0 Å². The van der Waals surface area contributed by atoms with Gasteiger partial charge in [-0.3, -0.25) is 0 Å². The Kier molecular flexibility index (Phi) is 16.0. The van der Waals surface area contributed by atoms with Crippen LogP contribution in [0, 0.1) is 12.8 Å². The van der Waals surface area contributed by atoms with Gasteiger partial charge in [0.2, 0.25) is 0 Å². The molecule has 1 saturated carbocycles. The summed E-state index contributed by atoms with van der Waals surface area (Å²) in [4.78, 5) is 0. The summed E-state index contributed by atoms with van der Waals surface area (Å²) in [6.45, 7) is 22.8. The zero-order chi connectivity index (χ0) is 36.2. The maximum absolute atomic E-state index is 2.48. The minimum atomic E-state index is 0. The molecule has 52 heavy (non-hydrogen) atoms. The Hall–Kier alpha value is -2.22. The van der Waals surface area contributed by atoms with Crippen molar-refractivity contribution < 1.29 is 48.1 Å². The molecule has 1 fully saturated rings. The van der Waals surface area contributed by atoms with Gasteiger partial charge in [0.15, 0.2) is 0 Å². The van der Waals surface area contributed by atoms with E-state index in [-0.39, 0.29) is 41.1 Å². The summed E-state index contributed by atoms with van der Waals surface area (Å²) in [5.41, 5.74) is 11.6. The summed E-state index contributed by atoms with van der Waals surface area (Å²) in [7, 11) is 0. The minimum Gasteiger partial charge on any atom is -1.00 e. The molecule has 0 N–H and O–H groups in total. The zero-order valence-electron chi connectivity index (χ0n) is 33.1. The second-order valence-corrected chi connectivity index (χ2v) is 26.4. The number of fused-ring (bicyclic) bond motifs is 2. The molecule has 274 valence electrons. The predicted molar refractivity (Wildman–Crippen MR) is 220 cm³/mol. The van der Waals surface area contributed by atoms with Gasteiger partial charge in [-0.05, 0) is 57.8 Å². The van der Waals surface area contributed by atoms with Gasteiger partial charge in [-0.1, -0.05) is 140 Å². The van der Waals surface area contributed by atoms with Gasteiger partial charge >= 0.3 is 41.9 Å². The quantitative estimate of drug-likeness (QED) is 0.124. The number of hydrogen-bond donors (Lipinski definition) is 0.